The average Bonchev–Trinajstić information content (AvgIpc) is 3.35. The van der Waals surface area contributed by atoms with Crippen molar-refractivity contribution in [3.8, 4) is 6.07 Å². The molecule has 1 aromatic carbocycles. The van der Waals surface area contributed by atoms with Crippen LogP contribution in [0.3, 0.4) is 0 Å². The SMILES string of the molecule is Cc1nc2c(C#N)cnn2c(C)c1CCC(=O)N[C@@H]1CCN(Cc2ccccc2)C1. The van der Waals surface area contributed by atoms with Crippen molar-refractivity contribution in [1.82, 2.24) is 24.8 Å². The smallest absolute Gasteiger partial charge is 0.220 e. The lowest BCUT2D eigenvalue weighted by molar-refractivity contribution is -0.121. The summed E-state index contributed by atoms with van der Waals surface area (Å²) >= 11 is 0. The summed E-state index contributed by atoms with van der Waals surface area (Å²) in [6.45, 7) is 6.69. The molecule has 0 saturated carbocycles. The Morgan fingerprint density at radius 3 is 2.87 bits per heavy atom. The van der Waals surface area contributed by atoms with Crippen LogP contribution in [0.4, 0.5) is 0 Å². The monoisotopic (exact) mass is 402 g/mol. The van der Waals surface area contributed by atoms with Crippen LogP contribution in [0.1, 0.15) is 40.9 Å². The van der Waals surface area contributed by atoms with Crippen molar-refractivity contribution in [2.45, 2.75) is 45.7 Å². The second-order valence-corrected chi connectivity index (χ2v) is 7.94. The van der Waals surface area contributed by atoms with E-state index in [1.165, 1.54) is 11.8 Å². The fourth-order valence-corrected chi connectivity index (χ4v) is 4.23. The quantitative estimate of drug-likeness (QED) is 0.685. The molecule has 1 saturated heterocycles. The molecule has 3 aromatic rings. The highest BCUT2D eigenvalue weighted by molar-refractivity contribution is 5.76. The number of carbonyl (C=O) groups excluding carboxylic acids is 1. The van der Waals surface area contributed by atoms with Crippen LogP contribution in [0.25, 0.3) is 5.65 Å². The van der Waals surface area contributed by atoms with Gasteiger partial charge >= 0.3 is 0 Å². The molecule has 1 atom stereocenters. The van der Waals surface area contributed by atoms with Crippen molar-refractivity contribution in [2.75, 3.05) is 13.1 Å². The van der Waals surface area contributed by atoms with Crippen LogP contribution < -0.4 is 5.32 Å². The van der Waals surface area contributed by atoms with Crippen molar-refractivity contribution < 1.29 is 4.79 Å². The third kappa shape index (κ3) is 4.19. The Morgan fingerprint density at radius 2 is 2.10 bits per heavy atom. The first-order chi connectivity index (χ1) is 14.5. The van der Waals surface area contributed by atoms with Gasteiger partial charge in [0.05, 0.1) is 6.20 Å². The number of carbonyl (C=O) groups is 1. The van der Waals surface area contributed by atoms with Gasteiger partial charge in [0, 0.05) is 43.5 Å². The minimum Gasteiger partial charge on any atom is -0.352 e. The van der Waals surface area contributed by atoms with E-state index < -0.39 is 0 Å². The number of aryl methyl sites for hydroxylation is 2. The maximum absolute atomic E-state index is 12.6. The lowest BCUT2D eigenvalue weighted by Gasteiger charge is -2.17. The van der Waals surface area contributed by atoms with E-state index in [9.17, 15) is 10.1 Å². The Bertz CT molecular complexity index is 1100. The molecule has 30 heavy (non-hydrogen) atoms. The number of aromatic nitrogens is 3. The van der Waals surface area contributed by atoms with Crippen molar-refractivity contribution in [1.29, 1.82) is 5.26 Å². The van der Waals surface area contributed by atoms with E-state index >= 15 is 0 Å². The van der Waals surface area contributed by atoms with Crippen molar-refractivity contribution in [3.63, 3.8) is 0 Å². The molecule has 0 radical (unpaired) electrons. The Balaban J connectivity index is 1.33. The molecule has 1 fully saturated rings. The fourth-order valence-electron chi connectivity index (χ4n) is 4.23. The van der Waals surface area contributed by atoms with Gasteiger partial charge in [-0.3, -0.25) is 9.69 Å². The second-order valence-electron chi connectivity index (χ2n) is 7.94. The summed E-state index contributed by atoms with van der Waals surface area (Å²) in [7, 11) is 0. The topological polar surface area (TPSA) is 86.3 Å². The van der Waals surface area contributed by atoms with Crippen LogP contribution in [-0.2, 0) is 17.8 Å². The second kappa shape index (κ2) is 8.64. The molecule has 3 heterocycles. The van der Waals surface area contributed by atoms with Gasteiger partial charge in [0.25, 0.3) is 0 Å². The van der Waals surface area contributed by atoms with Gasteiger partial charge in [0.1, 0.15) is 11.6 Å². The number of fused-ring (bicyclic) bond motifs is 1. The first-order valence-corrected chi connectivity index (χ1v) is 10.3. The molecule has 2 aromatic heterocycles. The molecule has 1 amide bonds. The molecule has 1 aliphatic rings. The number of nitrogens with zero attached hydrogens (tertiary/aromatic N) is 5. The molecule has 0 bridgehead atoms. The highest BCUT2D eigenvalue weighted by Crippen LogP contribution is 2.19. The molecule has 7 heteroatoms. The Morgan fingerprint density at radius 1 is 1.30 bits per heavy atom. The van der Waals surface area contributed by atoms with Crippen LogP contribution in [-0.4, -0.2) is 44.5 Å². The van der Waals surface area contributed by atoms with E-state index in [0.29, 0.717) is 24.1 Å². The number of hydrogen-bond donors (Lipinski definition) is 1. The predicted octanol–water partition coefficient (Wildman–Crippen LogP) is 2.54. The average molecular weight is 403 g/mol. The highest BCUT2D eigenvalue weighted by atomic mass is 16.1. The highest BCUT2D eigenvalue weighted by Gasteiger charge is 2.24. The van der Waals surface area contributed by atoms with Crippen LogP contribution >= 0.6 is 0 Å². The first kappa shape index (κ1) is 20.0. The molecule has 0 aliphatic carbocycles. The van der Waals surface area contributed by atoms with Gasteiger partial charge in [-0.25, -0.2) is 9.50 Å². The Labute approximate surface area is 176 Å². The van der Waals surface area contributed by atoms with Crippen LogP contribution in [0.2, 0.25) is 0 Å². The lowest BCUT2D eigenvalue weighted by Crippen LogP contribution is -2.37. The van der Waals surface area contributed by atoms with Gasteiger partial charge in [0.2, 0.25) is 5.91 Å². The number of benzene rings is 1. The number of nitrogens with one attached hydrogen (secondary N) is 1. The molecule has 7 nitrogen and oxygen atoms in total. The number of hydrogen-bond acceptors (Lipinski definition) is 5. The maximum atomic E-state index is 12.6. The number of nitriles is 1. The van der Waals surface area contributed by atoms with E-state index in [4.69, 9.17) is 0 Å². The molecular formula is C23H26N6O. The van der Waals surface area contributed by atoms with Gasteiger partial charge < -0.3 is 5.32 Å². The minimum absolute atomic E-state index is 0.0682. The van der Waals surface area contributed by atoms with Crippen molar-refractivity contribution >= 4 is 11.6 Å². The zero-order valence-electron chi connectivity index (χ0n) is 17.4. The molecule has 154 valence electrons. The summed E-state index contributed by atoms with van der Waals surface area (Å²) in [5.41, 5.74) is 5.14. The fraction of sp³-hybridized carbons (Fsp3) is 0.391. The third-order valence-corrected chi connectivity index (χ3v) is 5.82. The lowest BCUT2D eigenvalue weighted by atomic mass is 10.1. The molecule has 0 spiro atoms. The summed E-state index contributed by atoms with van der Waals surface area (Å²) in [4.78, 5) is 19.5. The molecular weight excluding hydrogens is 376 g/mol. The summed E-state index contributed by atoms with van der Waals surface area (Å²) < 4.78 is 1.69. The van der Waals surface area contributed by atoms with Gasteiger partial charge in [-0.1, -0.05) is 30.3 Å². The predicted molar refractivity (Wildman–Crippen MR) is 114 cm³/mol. The molecule has 1 N–H and O–H groups in total. The van der Waals surface area contributed by atoms with Crippen LogP contribution in [0.15, 0.2) is 36.5 Å². The van der Waals surface area contributed by atoms with Gasteiger partial charge in [-0.2, -0.15) is 10.4 Å². The maximum Gasteiger partial charge on any atom is 0.220 e. The van der Waals surface area contributed by atoms with E-state index in [-0.39, 0.29) is 11.9 Å². The van der Waals surface area contributed by atoms with E-state index in [1.54, 1.807) is 4.52 Å². The zero-order valence-corrected chi connectivity index (χ0v) is 17.4. The van der Waals surface area contributed by atoms with Crippen molar-refractivity contribution in [2.24, 2.45) is 0 Å². The van der Waals surface area contributed by atoms with Gasteiger partial charge in [0.15, 0.2) is 5.65 Å². The largest absolute Gasteiger partial charge is 0.352 e. The van der Waals surface area contributed by atoms with E-state index in [0.717, 1.165) is 43.0 Å². The van der Waals surface area contributed by atoms with Crippen molar-refractivity contribution in [3.05, 3.63) is 64.6 Å². The zero-order chi connectivity index (χ0) is 21.1. The van der Waals surface area contributed by atoms with Crippen LogP contribution in [0, 0.1) is 25.2 Å². The Hall–Kier alpha value is -3.24. The van der Waals surface area contributed by atoms with E-state index in [1.807, 2.05) is 19.9 Å². The summed E-state index contributed by atoms with van der Waals surface area (Å²) in [6, 6.07) is 12.8. The normalized spacial score (nSPS) is 16.6. The third-order valence-electron chi connectivity index (χ3n) is 5.82. The van der Waals surface area contributed by atoms with Crippen LogP contribution in [0.5, 0.6) is 0 Å². The van der Waals surface area contributed by atoms with Gasteiger partial charge in [-0.05, 0) is 37.8 Å². The molecule has 0 unspecified atom stereocenters. The standard InChI is InChI=1S/C23H26N6O/c1-16-21(17(2)29-23(26-16)19(12-24)13-25-29)8-9-22(30)27-20-10-11-28(15-20)14-18-6-4-3-5-7-18/h3-7,13,20H,8-11,14-15H2,1-2H3,(H,27,30)/t20-/m1/s1. The number of amides is 1. The number of likely N-dealkylation sites (tertiary alicyclic amines) is 1. The first-order valence-electron chi connectivity index (χ1n) is 10.3. The molecule has 1 aliphatic heterocycles. The van der Waals surface area contributed by atoms with Gasteiger partial charge in [-0.15, -0.1) is 0 Å². The summed E-state index contributed by atoms with van der Waals surface area (Å²) in [5.74, 6) is 0.0682. The summed E-state index contributed by atoms with van der Waals surface area (Å²) in [6.07, 6.45) is 3.53. The number of rotatable bonds is 6. The van der Waals surface area contributed by atoms with E-state index in [2.05, 4.69) is 50.6 Å². The minimum atomic E-state index is 0.0682. The summed E-state index contributed by atoms with van der Waals surface area (Å²) in [5, 5.41) is 16.6. The Kier molecular flexibility index (Phi) is 5.77. The molecule has 4 rings (SSSR count).